The molecule has 9 nitrogen and oxygen atoms in total. The van der Waals surface area contributed by atoms with Crippen LogP contribution in [0.5, 0.6) is 17.2 Å². The van der Waals surface area contributed by atoms with Gasteiger partial charge in [-0.15, -0.1) is 11.3 Å². The fraction of sp³-hybridized carbons (Fsp3) is 0.429. The maximum atomic E-state index is 12.4. The van der Waals surface area contributed by atoms with Crippen LogP contribution in [0.25, 0.3) is 0 Å². The van der Waals surface area contributed by atoms with E-state index in [-0.39, 0.29) is 11.9 Å². The molecule has 1 aliphatic rings. The Labute approximate surface area is 185 Å². The molecule has 2 aromatic rings. The maximum Gasteiger partial charge on any atom is 0.319 e. The summed E-state index contributed by atoms with van der Waals surface area (Å²) in [5.41, 5.74) is 0.535. The van der Waals surface area contributed by atoms with Gasteiger partial charge in [0.1, 0.15) is 0 Å². The summed E-state index contributed by atoms with van der Waals surface area (Å²) >= 11 is 1.47. The lowest BCUT2D eigenvalue weighted by Gasteiger charge is -2.34. The predicted octanol–water partition coefficient (Wildman–Crippen LogP) is 2.35. The minimum Gasteiger partial charge on any atom is -0.493 e. The van der Waals surface area contributed by atoms with Gasteiger partial charge >= 0.3 is 6.03 Å². The summed E-state index contributed by atoms with van der Waals surface area (Å²) in [4.78, 5) is 29.6. The molecule has 0 spiro atoms. The third kappa shape index (κ3) is 5.80. The number of ether oxygens (including phenoxy) is 3. The third-order valence-electron chi connectivity index (χ3n) is 5.03. The fourth-order valence-corrected chi connectivity index (χ4v) is 4.08. The molecule has 1 saturated heterocycles. The van der Waals surface area contributed by atoms with Crippen LogP contribution in [0.4, 0.5) is 10.5 Å². The highest BCUT2D eigenvalue weighted by Crippen LogP contribution is 2.39. The van der Waals surface area contributed by atoms with Crippen molar-refractivity contribution < 1.29 is 23.8 Å². The second kappa shape index (κ2) is 10.9. The van der Waals surface area contributed by atoms with Crippen molar-refractivity contribution in [2.75, 3.05) is 65.9 Å². The number of nitrogens with one attached hydrogen (secondary N) is 2. The number of anilines is 1. The number of urea groups is 1. The molecule has 0 unspecified atom stereocenters. The van der Waals surface area contributed by atoms with E-state index in [2.05, 4.69) is 15.5 Å². The van der Waals surface area contributed by atoms with Crippen LogP contribution in [0.1, 0.15) is 9.67 Å². The average Bonchev–Trinajstić information content (AvgIpc) is 3.33. The van der Waals surface area contributed by atoms with Crippen LogP contribution < -0.4 is 24.8 Å². The van der Waals surface area contributed by atoms with Gasteiger partial charge < -0.3 is 29.7 Å². The summed E-state index contributed by atoms with van der Waals surface area (Å²) in [7, 11) is 4.57. The van der Waals surface area contributed by atoms with E-state index in [1.54, 1.807) is 12.1 Å². The smallest absolute Gasteiger partial charge is 0.319 e. The molecule has 10 heteroatoms. The van der Waals surface area contributed by atoms with E-state index in [4.69, 9.17) is 14.2 Å². The van der Waals surface area contributed by atoms with E-state index in [9.17, 15) is 9.59 Å². The Morgan fingerprint density at radius 2 is 1.71 bits per heavy atom. The molecule has 3 rings (SSSR count). The first-order chi connectivity index (χ1) is 15.0. The molecule has 0 bridgehead atoms. The summed E-state index contributed by atoms with van der Waals surface area (Å²) < 4.78 is 15.9. The fourth-order valence-electron chi connectivity index (χ4n) is 3.39. The molecule has 1 aromatic heterocycles. The molecular formula is C21H28N4O5S. The van der Waals surface area contributed by atoms with Crippen molar-refractivity contribution >= 4 is 29.0 Å². The molecule has 0 aliphatic carbocycles. The number of carbonyl (C=O) groups excluding carboxylic acids is 2. The summed E-state index contributed by atoms with van der Waals surface area (Å²) in [6.45, 7) is 4.15. The van der Waals surface area contributed by atoms with Crippen LogP contribution in [-0.4, -0.2) is 82.3 Å². The Morgan fingerprint density at radius 1 is 1.03 bits per heavy atom. The van der Waals surface area contributed by atoms with Crippen LogP contribution in [-0.2, 0) is 0 Å². The van der Waals surface area contributed by atoms with Gasteiger partial charge in [-0.3, -0.25) is 9.69 Å². The lowest BCUT2D eigenvalue weighted by molar-refractivity contribution is 0.0644. The summed E-state index contributed by atoms with van der Waals surface area (Å²) in [6.07, 6.45) is 0. The van der Waals surface area contributed by atoms with Gasteiger partial charge in [0.25, 0.3) is 5.91 Å². The van der Waals surface area contributed by atoms with Crippen molar-refractivity contribution in [3.63, 3.8) is 0 Å². The minimum absolute atomic E-state index is 0.0949. The number of hydrogen-bond donors (Lipinski definition) is 2. The third-order valence-corrected chi connectivity index (χ3v) is 5.89. The van der Waals surface area contributed by atoms with Crippen LogP contribution >= 0.6 is 11.3 Å². The normalized spacial score (nSPS) is 14.1. The molecule has 2 heterocycles. The molecule has 3 amide bonds. The molecule has 0 atom stereocenters. The number of hydrogen-bond acceptors (Lipinski definition) is 7. The number of carbonyl (C=O) groups is 2. The Balaban J connectivity index is 1.42. The van der Waals surface area contributed by atoms with Gasteiger partial charge in [-0.25, -0.2) is 4.79 Å². The van der Waals surface area contributed by atoms with Crippen molar-refractivity contribution in [3.8, 4) is 17.2 Å². The zero-order valence-electron chi connectivity index (χ0n) is 18.0. The molecule has 1 aromatic carbocycles. The van der Waals surface area contributed by atoms with Crippen LogP contribution in [0.3, 0.4) is 0 Å². The molecular weight excluding hydrogens is 420 g/mol. The SMILES string of the molecule is COc1cc(NC(=O)NCCN2CCN(C(=O)c3cccs3)CC2)cc(OC)c1OC. The van der Waals surface area contributed by atoms with E-state index in [1.165, 1.54) is 32.7 Å². The molecule has 168 valence electrons. The number of benzene rings is 1. The molecule has 0 radical (unpaired) electrons. The highest BCUT2D eigenvalue weighted by atomic mass is 32.1. The molecule has 0 saturated carbocycles. The zero-order chi connectivity index (χ0) is 22.2. The minimum atomic E-state index is -0.319. The first-order valence-electron chi connectivity index (χ1n) is 9.95. The molecule has 1 fully saturated rings. The van der Waals surface area contributed by atoms with Gasteiger partial charge in [-0.05, 0) is 11.4 Å². The average molecular weight is 449 g/mol. The Kier molecular flexibility index (Phi) is 7.96. The van der Waals surface area contributed by atoms with Gasteiger partial charge in [0.15, 0.2) is 11.5 Å². The predicted molar refractivity (Wildman–Crippen MR) is 120 cm³/mol. The van der Waals surface area contributed by atoms with Crippen LogP contribution in [0, 0.1) is 0 Å². The van der Waals surface area contributed by atoms with Gasteiger partial charge in [-0.1, -0.05) is 6.07 Å². The Morgan fingerprint density at radius 3 is 2.26 bits per heavy atom. The molecule has 31 heavy (non-hydrogen) atoms. The second-order valence-corrected chi connectivity index (χ2v) is 7.85. The number of methoxy groups -OCH3 is 3. The quantitative estimate of drug-likeness (QED) is 0.644. The van der Waals surface area contributed by atoms with Gasteiger partial charge in [-0.2, -0.15) is 0 Å². The lowest BCUT2D eigenvalue weighted by atomic mass is 10.2. The monoisotopic (exact) mass is 448 g/mol. The standard InChI is InChI=1S/C21H28N4O5S/c1-28-16-13-15(14-17(29-2)19(16)30-3)23-21(27)22-6-7-24-8-10-25(11-9-24)20(26)18-5-4-12-31-18/h4-5,12-14H,6-11H2,1-3H3,(H2,22,23,27). The number of rotatable bonds is 8. The summed E-state index contributed by atoms with van der Waals surface area (Å²) in [5, 5.41) is 7.55. The van der Waals surface area contributed by atoms with E-state index in [0.29, 0.717) is 49.1 Å². The first kappa shape index (κ1) is 22.7. The largest absolute Gasteiger partial charge is 0.493 e. The van der Waals surface area contributed by atoms with Crippen molar-refractivity contribution in [2.24, 2.45) is 0 Å². The number of piperazine rings is 1. The van der Waals surface area contributed by atoms with E-state index in [1.807, 2.05) is 22.4 Å². The van der Waals surface area contributed by atoms with Crippen molar-refractivity contribution in [1.82, 2.24) is 15.1 Å². The molecule has 1 aliphatic heterocycles. The number of thiophene rings is 1. The van der Waals surface area contributed by atoms with Gasteiger partial charge in [0.2, 0.25) is 5.75 Å². The van der Waals surface area contributed by atoms with Gasteiger partial charge in [0, 0.05) is 51.4 Å². The van der Waals surface area contributed by atoms with Gasteiger partial charge in [0.05, 0.1) is 31.9 Å². The van der Waals surface area contributed by atoms with E-state index < -0.39 is 0 Å². The summed E-state index contributed by atoms with van der Waals surface area (Å²) in [6, 6.07) is 6.77. The Bertz CT molecular complexity index is 857. The topological polar surface area (TPSA) is 92.4 Å². The first-order valence-corrected chi connectivity index (χ1v) is 10.8. The van der Waals surface area contributed by atoms with E-state index >= 15 is 0 Å². The highest BCUT2D eigenvalue weighted by molar-refractivity contribution is 7.12. The number of nitrogens with zero attached hydrogens (tertiary/aromatic N) is 2. The lowest BCUT2D eigenvalue weighted by Crippen LogP contribution is -2.50. The zero-order valence-corrected chi connectivity index (χ0v) is 18.8. The highest BCUT2D eigenvalue weighted by Gasteiger charge is 2.22. The maximum absolute atomic E-state index is 12.4. The van der Waals surface area contributed by atoms with Crippen LogP contribution in [0.15, 0.2) is 29.6 Å². The summed E-state index contributed by atoms with van der Waals surface area (Å²) in [5.74, 6) is 1.49. The van der Waals surface area contributed by atoms with E-state index in [0.717, 1.165) is 18.0 Å². The van der Waals surface area contributed by atoms with Crippen molar-refractivity contribution in [2.45, 2.75) is 0 Å². The second-order valence-electron chi connectivity index (χ2n) is 6.91. The van der Waals surface area contributed by atoms with Crippen LogP contribution in [0.2, 0.25) is 0 Å². The molecule has 2 N–H and O–H groups in total. The number of amides is 3. The Hall–Kier alpha value is -2.98. The van der Waals surface area contributed by atoms with Crippen molar-refractivity contribution in [1.29, 1.82) is 0 Å². The van der Waals surface area contributed by atoms with Crippen molar-refractivity contribution in [3.05, 3.63) is 34.5 Å².